The van der Waals surface area contributed by atoms with E-state index >= 15 is 0 Å². The predicted molar refractivity (Wildman–Crippen MR) is 103 cm³/mol. The highest BCUT2D eigenvalue weighted by molar-refractivity contribution is 5.96. The van der Waals surface area contributed by atoms with Gasteiger partial charge in [-0.25, -0.2) is 0 Å². The number of rotatable bonds is 7. The second-order valence-electron chi connectivity index (χ2n) is 6.49. The highest BCUT2D eigenvalue weighted by Crippen LogP contribution is 2.40. The molecule has 2 saturated heterocycles. The summed E-state index contributed by atoms with van der Waals surface area (Å²) >= 11 is 0. The molecule has 0 saturated carbocycles. The summed E-state index contributed by atoms with van der Waals surface area (Å²) in [4.78, 5) is 15.0. The van der Waals surface area contributed by atoms with Gasteiger partial charge in [0.05, 0.1) is 19.8 Å². The van der Waals surface area contributed by atoms with Crippen LogP contribution in [0.25, 0.3) is 0 Å². The molecule has 1 amide bonds. The largest absolute Gasteiger partial charge is 0.490 e. The second kappa shape index (κ2) is 9.33. The Morgan fingerprint density at radius 2 is 1.50 bits per heavy atom. The zero-order valence-corrected chi connectivity index (χ0v) is 16.6. The highest BCUT2D eigenvalue weighted by Gasteiger charge is 2.38. The van der Waals surface area contributed by atoms with E-state index in [2.05, 4.69) is 5.32 Å². The van der Waals surface area contributed by atoms with Crippen LogP contribution in [0.4, 0.5) is 0 Å². The summed E-state index contributed by atoms with van der Waals surface area (Å²) in [5.41, 5.74) is 0.600. The average Bonchev–Trinajstić information content (AvgIpc) is 3.19. The third kappa shape index (κ3) is 4.18. The van der Waals surface area contributed by atoms with Gasteiger partial charge in [-0.3, -0.25) is 4.79 Å². The number of carbonyl (C=O) groups is 1. The SMILES string of the molecule is CCOc1cc(C(=O)N2C[C@H]3CNC[C@H]3C2)cc(OCC)c1OCC.Cl. The van der Waals surface area contributed by atoms with Gasteiger partial charge in [0, 0.05) is 31.7 Å². The molecule has 0 spiro atoms. The normalized spacial score (nSPS) is 21.1. The summed E-state index contributed by atoms with van der Waals surface area (Å²) in [5.74, 6) is 2.90. The third-order valence-electron chi connectivity index (χ3n) is 4.83. The maximum Gasteiger partial charge on any atom is 0.254 e. The molecular weight excluding hydrogens is 356 g/mol. The van der Waals surface area contributed by atoms with Crippen molar-refractivity contribution in [1.82, 2.24) is 10.2 Å². The lowest BCUT2D eigenvalue weighted by Crippen LogP contribution is -2.31. The summed E-state index contributed by atoms with van der Waals surface area (Å²) in [7, 11) is 0. The van der Waals surface area contributed by atoms with Gasteiger partial charge < -0.3 is 24.4 Å². The van der Waals surface area contributed by atoms with E-state index in [0.29, 0.717) is 54.5 Å². The van der Waals surface area contributed by atoms with E-state index in [1.54, 1.807) is 12.1 Å². The van der Waals surface area contributed by atoms with Crippen LogP contribution in [0.15, 0.2) is 12.1 Å². The molecule has 2 atom stereocenters. The molecule has 146 valence electrons. The van der Waals surface area contributed by atoms with Crippen molar-refractivity contribution in [2.24, 2.45) is 11.8 Å². The van der Waals surface area contributed by atoms with E-state index in [-0.39, 0.29) is 18.3 Å². The minimum absolute atomic E-state index is 0. The minimum Gasteiger partial charge on any atom is -0.490 e. The fourth-order valence-corrected chi connectivity index (χ4v) is 3.72. The monoisotopic (exact) mass is 384 g/mol. The molecule has 2 heterocycles. The lowest BCUT2D eigenvalue weighted by atomic mass is 10.0. The first kappa shape index (κ1) is 20.6. The molecule has 2 aliphatic heterocycles. The smallest absolute Gasteiger partial charge is 0.254 e. The van der Waals surface area contributed by atoms with Crippen molar-refractivity contribution in [3.8, 4) is 17.2 Å². The number of amides is 1. The number of halogens is 1. The Labute approximate surface area is 161 Å². The van der Waals surface area contributed by atoms with E-state index in [1.807, 2.05) is 25.7 Å². The highest BCUT2D eigenvalue weighted by atomic mass is 35.5. The molecule has 6 nitrogen and oxygen atoms in total. The summed E-state index contributed by atoms with van der Waals surface area (Å²) in [5, 5.41) is 3.40. The Hall–Kier alpha value is -1.66. The standard InChI is InChI=1S/C19H28N2O4.ClH/c1-4-23-16-7-13(8-17(24-5-2)18(16)25-6-3)19(22)21-11-14-9-20-10-15(14)12-21;/h7-8,14-15,20H,4-6,9-12H2,1-3H3;1H/t14-,15+;. The zero-order chi connectivity index (χ0) is 17.8. The number of carbonyl (C=O) groups excluding carboxylic acids is 1. The van der Waals surface area contributed by atoms with Crippen LogP contribution in [0.2, 0.25) is 0 Å². The van der Waals surface area contributed by atoms with Crippen LogP contribution in [-0.2, 0) is 0 Å². The van der Waals surface area contributed by atoms with Crippen LogP contribution in [0, 0.1) is 11.8 Å². The molecule has 0 radical (unpaired) electrons. The van der Waals surface area contributed by atoms with Gasteiger partial charge in [-0.15, -0.1) is 12.4 Å². The Bertz CT molecular complexity index is 587. The van der Waals surface area contributed by atoms with E-state index in [9.17, 15) is 4.79 Å². The first-order valence-corrected chi connectivity index (χ1v) is 9.24. The molecule has 1 N–H and O–H groups in total. The molecule has 0 aliphatic carbocycles. The van der Waals surface area contributed by atoms with Crippen molar-refractivity contribution in [1.29, 1.82) is 0 Å². The van der Waals surface area contributed by atoms with Crippen LogP contribution in [0.5, 0.6) is 17.2 Å². The maximum atomic E-state index is 13.0. The van der Waals surface area contributed by atoms with Crippen molar-refractivity contribution in [2.75, 3.05) is 46.0 Å². The van der Waals surface area contributed by atoms with Crippen molar-refractivity contribution in [2.45, 2.75) is 20.8 Å². The average molecular weight is 385 g/mol. The van der Waals surface area contributed by atoms with Crippen molar-refractivity contribution < 1.29 is 19.0 Å². The first-order valence-electron chi connectivity index (χ1n) is 9.24. The molecular formula is C19H29ClN2O4. The number of benzene rings is 1. The summed E-state index contributed by atoms with van der Waals surface area (Å²) in [6, 6.07) is 3.57. The summed E-state index contributed by atoms with van der Waals surface area (Å²) in [6.07, 6.45) is 0. The Morgan fingerprint density at radius 3 is 1.96 bits per heavy atom. The quantitative estimate of drug-likeness (QED) is 0.783. The fourth-order valence-electron chi connectivity index (χ4n) is 3.72. The van der Waals surface area contributed by atoms with Crippen molar-refractivity contribution in [3.63, 3.8) is 0 Å². The molecule has 1 aromatic carbocycles. The topological polar surface area (TPSA) is 60.0 Å². The van der Waals surface area contributed by atoms with Gasteiger partial charge in [0.25, 0.3) is 5.91 Å². The number of fused-ring (bicyclic) bond motifs is 1. The van der Waals surface area contributed by atoms with Gasteiger partial charge in [0.2, 0.25) is 5.75 Å². The summed E-state index contributed by atoms with van der Waals surface area (Å²) in [6.45, 7) is 10.9. The Morgan fingerprint density at radius 1 is 1.00 bits per heavy atom. The lowest BCUT2D eigenvalue weighted by molar-refractivity contribution is 0.0780. The van der Waals surface area contributed by atoms with Crippen molar-refractivity contribution >= 4 is 18.3 Å². The number of nitrogens with one attached hydrogen (secondary N) is 1. The molecule has 0 bridgehead atoms. The van der Waals surface area contributed by atoms with E-state index < -0.39 is 0 Å². The molecule has 2 aliphatic rings. The van der Waals surface area contributed by atoms with E-state index in [4.69, 9.17) is 14.2 Å². The number of likely N-dealkylation sites (tertiary alicyclic amines) is 1. The Kier molecular flexibility index (Phi) is 7.41. The molecule has 26 heavy (non-hydrogen) atoms. The number of ether oxygens (including phenoxy) is 3. The van der Waals surface area contributed by atoms with Gasteiger partial charge in [0.15, 0.2) is 11.5 Å². The Balaban J connectivity index is 0.00000243. The molecule has 2 fully saturated rings. The third-order valence-corrected chi connectivity index (χ3v) is 4.83. The van der Waals surface area contributed by atoms with Gasteiger partial charge >= 0.3 is 0 Å². The van der Waals surface area contributed by atoms with Crippen molar-refractivity contribution in [3.05, 3.63) is 17.7 Å². The predicted octanol–water partition coefficient (Wildman–Crippen LogP) is 2.60. The van der Waals surface area contributed by atoms with Crippen LogP contribution in [0.1, 0.15) is 31.1 Å². The summed E-state index contributed by atoms with van der Waals surface area (Å²) < 4.78 is 17.1. The van der Waals surface area contributed by atoms with E-state index in [1.165, 1.54) is 0 Å². The van der Waals surface area contributed by atoms with Crippen LogP contribution < -0.4 is 19.5 Å². The number of hydrogen-bond acceptors (Lipinski definition) is 5. The van der Waals surface area contributed by atoms with Gasteiger partial charge in [-0.2, -0.15) is 0 Å². The second-order valence-corrected chi connectivity index (χ2v) is 6.49. The van der Waals surface area contributed by atoms with Gasteiger partial charge in [-0.05, 0) is 44.7 Å². The molecule has 0 unspecified atom stereocenters. The van der Waals surface area contributed by atoms with Crippen LogP contribution in [0.3, 0.4) is 0 Å². The first-order chi connectivity index (χ1) is 12.2. The lowest BCUT2D eigenvalue weighted by Gasteiger charge is -2.20. The zero-order valence-electron chi connectivity index (χ0n) is 15.7. The van der Waals surface area contributed by atoms with Gasteiger partial charge in [0.1, 0.15) is 0 Å². The number of nitrogens with zero attached hydrogens (tertiary/aromatic N) is 1. The molecule has 3 rings (SSSR count). The molecule has 1 aromatic rings. The molecule has 0 aromatic heterocycles. The van der Waals surface area contributed by atoms with Crippen LogP contribution >= 0.6 is 12.4 Å². The fraction of sp³-hybridized carbons (Fsp3) is 0.632. The maximum absolute atomic E-state index is 13.0. The minimum atomic E-state index is 0. The van der Waals surface area contributed by atoms with E-state index in [0.717, 1.165) is 26.2 Å². The van der Waals surface area contributed by atoms with Gasteiger partial charge in [-0.1, -0.05) is 0 Å². The number of hydrogen-bond donors (Lipinski definition) is 1. The van der Waals surface area contributed by atoms with Crippen LogP contribution in [-0.4, -0.2) is 56.8 Å². The molecule has 7 heteroatoms.